The van der Waals surface area contributed by atoms with Crippen molar-refractivity contribution in [1.29, 1.82) is 0 Å². The lowest BCUT2D eigenvalue weighted by Crippen LogP contribution is -2.30. The molecule has 7 nitrogen and oxygen atoms in total. The van der Waals surface area contributed by atoms with E-state index in [9.17, 15) is 19.7 Å². The number of thiophene rings is 1. The molecule has 1 atom stereocenters. The van der Waals surface area contributed by atoms with Gasteiger partial charge in [0.15, 0.2) is 6.61 Å². The normalized spacial score (nSPS) is 11.6. The smallest absolute Gasteiger partial charge is 0.338 e. The zero-order valence-electron chi connectivity index (χ0n) is 12.5. The summed E-state index contributed by atoms with van der Waals surface area (Å²) in [5.41, 5.74) is -0.452. The Balaban J connectivity index is 1.92. The second kappa shape index (κ2) is 7.89. The Bertz CT molecular complexity index is 763. The summed E-state index contributed by atoms with van der Waals surface area (Å²) in [6.07, 6.45) is 0. The molecule has 0 saturated carbocycles. The van der Waals surface area contributed by atoms with Crippen molar-refractivity contribution in [2.45, 2.75) is 13.0 Å². The van der Waals surface area contributed by atoms with Crippen LogP contribution in [0.5, 0.6) is 0 Å². The topological polar surface area (TPSA) is 98.5 Å². The molecule has 1 N–H and O–H groups in total. The number of amides is 1. The fourth-order valence-electron chi connectivity index (χ4n) is 1.89. The molecular formula is C15H13ClN2O5S. The Morgan fingerprint density at radius 3 is 2.79 bits per heavy atom. The fourth-order valence-corrected chi connectivity index (χ4v) is 2.81. The fraction of sp³-hybridized carbons (Fsp3) is 0.200. The van der Waals surface area contributed by atoms with Gasteiger partial charge >= 0.3 is 5.97 Å². The van der Waals surface area contributed by atoms with Crippen LogP contribution in [0, 0.1) is 10.1 Å². The molecule has 0 bridgehead atoms. The number of hydrogen-bond donors (Lipinski definition) is 1. The highest BCUT2D eigenvalue weighted by atomic mass is 35.5. The SMILES string of the molecule is C[C@@H](NC(=O)COC(=O)c1ccc(Cl)c([N+](=O)[O-])c1)c1cccs1. The van der Waals surface area contributed by atoms with Crippen molar-refractivity contribution in [3.63, 3.8) is 0 Å². The van der Waals surface area contributed by atoms with Gasteiger partial charge in [0.2, 0.25) is 0 Å². The summed E-state index contributed by atoms with van der Waals surface area (Å²) >= 11 is 7.17. The maximum absolute atomic E-state index is 11.9. The summed E-state index contributed by atoms with van der Waals surface area (Å²) in [7, 11) is 0. The van der Waals surface area contributed by atoms with E-state index in [-0.39, 0.29) is 16.6 Å². The first-order valence-electron chi connectivity index (χ1n) is 6.82. The van der Waals surface area contributed by atoms with Gasteiger partial charge in [-0.15, -0.1) is 11.3 Å². The number of nitrogens with one attached hydrogen (secondary N) is 1. The molecule has 1 amide bonds. The molecule has 0 fully saturated rings. The van der Waals surface area contributed by atoms with Crippen LogP contribution in [0.1, 0.15) is 28.2 Å². The number of esters is 1. The zero-order chi connectivity index (χ0) is 17.7. The third-order valence-corrected chi connectivity index (χ3v) is 4.43. The highest BCUT2D eigenvalue weighted by Crippen LogP contribution is 2.25. The number of nitro groups is 1. The molecule has 0 radical (unpaired) electrons. The predicted octanol–water partition coefficient (Wildman–Crippen LogP) is 3.34. The van der Waals surface area contributed by atoms with E-state index < -0.39 is 29.1 Å². The monoisotopic (exact) mass is 368 g/mol. The number of carbonyl (C=O) groups excluding carboxylic acids is 2. The number of nitro benzene ring substituents is 1. The van der Waals surface area contributed by atoms with Crippen LogP contribution in [-0.4, -0.2) is 23.4 Å². The molecule has 24 heavy (non-hydrogen) atoms. The molecule has 0 aliphatic rings. The molecule has 1 aromatic carbocycles. The van der Waals surface area contributed by atoms with Crippen molar-refractivity contribution in [3.05, 3.63) is 61.3 Å². The number of carbonyl (C=O) groups is 2. The lowest BCUT2D eigenvalue weighted by Gasteiger charge is -2.12. The molecule has 2 rings (SSSR count). The summed E-state index contributed by atoms with van der Waals surface area (Å²) in [6, 6.07) is 7.09. The molecule has 0 spiro atoms. The standard InChI is InChI=1S/C15H13ClN2O5S/c1-9(13-3-2-6-24-13)17-14(19)8-23-15(20)10-4-5-11(16)12(7-10)18(21)22/h2-7,9H,8H2,1H3,(H,17,19)/t9-/m1/s1. The minimum absolute atomic E-state index is 0.0507. The number of benzene rings is 1. The van der Waals surface area contributed by atoms with Crippen molar-refractivity contribution in [3.8, 4) is 0 Å². The van der Waals surface area contributed by atoms with Gasteiger partial charge in [-0.1, -0.05) is 17.7 Å². The Kier molecular flexibility index (Phi) is 5.88. The first kappa shape index (κ1) is 17.9. The quantitative estimate of drug-likeness (QED) is 0.479. The summed E-state index contributed by atoms with van der Waals surface area (Å²) in [6.45, 7) is 1.33. The molecule has 2 aromatic rings. The van der Waals surface area contributed by atoms with E-state index in [1.807, 2.05) is 24.4 Å². The summed E-state index contributed by atoms with van der Waals surface area (Å²) < 4.78 is 4.87. The van der Waals surface area contributed by atoms with Crippen molar-refractivity contribution in [2.75, 3.05) is 6.61 Å². The van der Waals surface area contributed by atoms with Gasteiger partial charge in [-0.2, -0.15) is 0 Å². The maximum atomic E-state index is 11.9. The summed E-state index contributed by atoms with van der Waals surface area (Å²) in [5, 5.41) is 15.3. The third-order valence-electron chi connectivity index (χ3n) is 3.06. The second-order valence-corrected chi connectivity index (χ2v) is 6.19. The van der Waals surface area contributed by atoms with E-state index in [0.717, 1.165) is 10.9 Å². The highest BCUT2D eigenvalue weighted by Gasteiger charge is 2.18. The molecule has 126 valence electrons. The van der Waals surface area contributed by atoms with Crippen LogP contribution in [0.25, 0.3) is 0 Å². The minimum atomic E-state index is -0.839. The number of ether oxygens (including phenoxy) is 1. The molecule has 0 saturated heterocycles. The average molecular weight is 369 g/mol. The van der Waals surface area contributed by atoms with E-state index in [1.165, 1.54) is 23.5 Å². The van der Waals surface area contributed by atoms with Crippen LogP contribution < -0.4 is 5.32 Å². The summed E-state index contributed by atoms with van der Waals surface area (Å²) in [4.78, 5) is 34.8. The predicted molar refractivity (Wildman–Crippen MR) is 89.3 cm³/mol. The van der Waals surface area contributed by atoms with Gasteiger partial charge in [0.05, 0.1) is 16.5 Å². The van der Waals surface area contributed by atoms with E-state index in [4.69, 9.17) is 16.3 Å². The lowest BCUT2D eigenvalue weighted by atomic mass is 10.2. The zero-order valence-corrected chi connectivity index (χ0v) is 14.1. The van der Waals surface area contributed by atoms with Crippen LogP contribution in [0.15, 0.2) is 35.7 Å². The Hall–Kier alpha value is -2.45. The number of rotatable bonds is 6. The molecule has 0 aliphatic carbocycles. The number of hydrogen-bond acceptors (Lipinski definition) is 6. The Morgan fingerprint density at radius 2 is 2.17 bits per heavy atom. The van der Waals surface area contributed by atoms with Crippen LogP contribution in [0.4, 0.5) is 5.69 Å². The van der Waals surface area contributed by atoms with Crippen molar-refractivity contribution >= 4 is 40.5 Å². The minimum Gasteiger partial charge on any atom is -0.452 e. The van der Waals surface area contributed by atoms with E-state index >= 15 is 0 Å². The average Bonchev–Trinajstić information content (AvgIpc) is 3.07. The van der Waals surface area contributed by atoms with Crippen molar-refractivity contribution in [2.24, 2.45) is 0 Å². The first-order chi connectivity index (χ1) is 11.4. The maximum Gasteiger partial charge on any atom is 0.338 e. The van der Waals surface area contributed by atoms with Gasteiger partial charge in [0.25, 0.3) is 11.6 Å². The molecule has 1 aromatic heterocycles. The number of halogens is 1. The largest absolute Gasteiger partial charge is 0.452 e. The molecule has 1 heterocycles. The highest BCUT2D eigenvalue weighted by molar-refractivity contribution is 7.10. The third kappa shape index (κ3) is 4.53. The lowest BCUT2D eigenvalue weighted by molar-refractivity contribution is -0.384. The Labute approximate surface area is 146 Å². The second-order valence-electron chi connectivity index (χ2n) is 4.80. The van der Waals surface area contributed by atoms with E-state index in [1.54, 1.807) is 0 Å². The Morgan fingerprint density at radius 1 is 1.42 bits per heavy atom. The van der Waals surface area contributed by atoms with Crippen LogP contribution in [-0.2, 0) is 9.53 Å². The molecular weight excluding hydrogens is 356 g/mol. The van der Waals surface area contributed by atoms with Gasteiger partial charge in [-0.05, 0) is 30.5 Å². The molecule has 0 unspecified atom stereocenters. The first-order valence-corrected chi connectivity index (χ1v) is 8.08. The van der Waals surface area contributed by atoms with Crippen LogP contribution in [0.2, 0.25) is 5.02 Å². The van der Waals surface area contributed by atoms with E-state index in [2.05, 4.69) is 5.32 Å². The van der Waals surface area contributed by atoms with Crippen molar-refractivity contribution in [1.82, 2.24) is 5.32 Å². The van der Waals surface area contributed by atoms with Gasteiger partial charge in [0, 0.05) is 10.9 Å². The summed E-state index contributed by atoms with van der Waals surface area (Å²) in [5.74, 6) is -1.30. The van der Waals surface area contributed by atoms with Crippen molar-refractivity contribution < 1.29 is 19.2 Å². The molecule has 0 aliphatic heterocycles. The van der Waals surface area contributed by atoms with E-state index in [0.29, 0.717) is 0 Å². The van der Waals surface area contributed by atoms with Gasteiger partial charge < -0.3 is 10.1 Å². The number of nitrogens with zero attached hydrogens (tertiary/aromatic N) is 1. The van der Waals surface area contributed by atoms with Gasteiger partial charge in [-0.25, -0.2) is 4.79 Å². The van der Waals surface area contributed by atoms with Gasteiger partial charge in [-0.3, -0.25) is 14.9 Å². The van der Waals surface area contributed by atoms with Crippen LogP contribution in [0.3, 0.4) is 0 Å². The van der Waals surface area contributed by atoms with Crippen LogP contribution >= 0.6 is 22.9 Å². The van der Waals surface area contributed by atoms with Gasteiger partial charge in [0.1, 0.15) is 5.02 Å². The molecule has 9 heteroatoms.